The van der Waals surface area contributed by atoms with Crippen molar-refractivity contribution in [2.24, 2.45) is 0 Å². The minimum absolute atomic E-state index is 0.187. The first-order valence-electron chi connectivity index (χ1n) is 7.95. The van der Waals surface area contributed by atoms with E-state index in [9.17, 15) is 4.79 Å². The van der Waals surface area contributed by atoms with E-state index in [2.05, 4.69) is 20.4 Å². The zero-order valence-electron chi connectivity index (χ0n) is 14.3. The average Bonchev–Trinajstić information content (AvgIpc) is 2.98. The van der Waals surface area contributed by atoms with Crippen LogP contribution in [-0.4, -0.2) is 32.0 Å². The molecule has 0 aliphatic rings. The van der Waals surface area contributed by atoms with Crippen molar-refractivity contribution in [1.82, 2.24) is 19.7 Å². The lowest BCUT2D eigenvalue weighted by atomic mass is 10.1. The quantitative estimate of drug-likeness (QED) is 0.523. The van der Waals surface area contributed by atoms with Gasteiger partial charge in [-0.15, -0.1) is 11.8 Å². The molecule has 6 nitrogen and oxygen atoms in total. The van der Waals surface area contributed by atoms with Gasteiger partial charge in [-0.2, -0.15) is 10.1 Å². The molecule has 1 aromatic carbocycles. The number of aromatic nitrogens is 4. The van der Waals surface area contributed by atoms with Crippen LogP contribution in [0.3, 0.4) is 0 Å². The van der Waals surface area contributed by atoms with Crippen LogP contribution in [0.4, 0.5) is 5.95 Å². The molecule has 0 spiro atoms. The molecule has 0 unspecified atom stereocenters. The Hall–Kier alpha value is -1.99. The molecule has 0 saturated carbocycles. The topological polar surface area (TPSA) is 75.6 Å². The zero-order valence-corrected chi connectivity index (χ0v) is 15.9. The van der Waals surface area contributed by atoms with Crippen LogP contribution in [-0.2, 0) is 5.54 Å². The third kappa shape index (κ3) is 4.16. The second kappa shape index (κ2) is 7.09. The van der Waals surface area contributed by atoms with Crippen molar-refractivity contribution in [2.75, 3.05) is 17.6 Å². The Morgan fingerprint density at radius 1 is 1.28 bits per heavy atom. The van der Waals surface area contributed by atoms with Crippen LogP contribution in [0.2, 0.25) is 5.02 Å². The monoisotopic (exact) mass is 377 g/mol. The van der Waals surface area contributed by atoms with E-state index in [4.69, 9.17) is 11.6 Å². The highest BCUT2D eigenvalue weighted by atomic mass is 35.5. The van der Waals surface area contributed by atoms with E-state index in [0.717, 1.165) is 15.7 Å². The molecule has 0 saturated heterocycles. The molecule has 3 rings (SSSR count). The predicted octanol–water partition coefficient (Wildman–Crippen LogP) is 3.73. The van der Waals surface area contributed by atoms with Gasteiger partial charge in [0.05, 0.1) is 11.7 Å². The molecule has 0 bridgehead atoms. The average molecular weight is 378 g/mol. The van der Waals surface area contributed by atoms with Gasteiger partial charge < -0.3 is 5.32 Å². The molecular formula is C17H20ClN5OS. The number of halogens is 1. The molecule has 3 aromatic rings. The number of nitrogens with one attached hydrogen (secondary N) is 2. The van der Waals surface area contributed by atoms with Crippen LogP contribution in [0.25, 0.3) is 11.0 Å². The third-order valence-electron chi connectivity index (χ3n) is 3.55. The molecule has 0 radical (unpaired) electrons. The first-order chi connectivity index (χ1) is 11.8. The number of anilines is 1. The van der Waals surface area contributed by atoms with Gasteiger partial charge in [0, 0.05) is 22.2 Å². The maximum absolute atomic E-state index is 12.2. The van der Waals surface area contributed by atoms with E-state index in [1.165, 1.54) is 0 Å². The molecule has 25 heavy (non-hydrogen) atoms. The van der Waals surface area contributed by atoms with Crippen molar-refractivity contribution in [2.45, 2.75) is 31.2 Å². The Morgan fingerprint density at radius 3 is 2.68 bits per heavy atom. The molecule has 0 amide bonds. The summed E-state index contributed by atoms with van der Waals surface area (Å²) in [5.41, 5.74) is 0.155. The number of nitrogens with zero attached hydrogens (tertiary/aromatic N) is 3. The molecule has 2 aromatic heterocycles. The molecule has 2 N–H and O–H groups in total. The first kappa shape index (κ1) is 17.8. The maximum Gasteiger partial charge on any atom is 0.263 e. The molecule has 0 aliphatic carbocycles. The van der Waals surface area contributed by atoms with Gasteiger partial charge in [-0.05, 0) is 45.0 Å². The van der Waals surface area contributed by atoms with Crippen molar-refractivity contribution in [3.8, 4) is 0 Å². The van der Waals surface area contributed by atoms with Crippen LogP contribution in [0.15, 0.2) is 40.2 Å². The van der Waals surface area contributed by atoms with E-state index < -0.39 is 0 Å². The number of aromatic amines is 1. The first-order valence-corrected chi connectivity index (χ1v) is 9.32. The smallest absolute Gasteiger partial charge is 0.263 e. The lowest BCUT2D eigenvalue weighted by molar-refractivity contribution is 0.366. The number of H-pyrrole nitrogens is 1. The number of fused-ring (bicyclic) bond motifs is 1. The maximum atomic E-state index is 12.2. The summed E-state index contributed by atoms with van der Waals surface area (Å²) in [5.74, 6) is 1.29. The van der Waals surface area contributed by atoms with E-state index in [1.807, 2.05) is 45.0 Å². The second-order valence-electron chi connectivity index (χ2n) is 6.61. The van der Waals surface area contributed by atoms with Crippen LogP contribution < -0.4 is 10.9 Å². The Labute approximate surface area is 155 Å². The van der Waals surface area contributed by atoms with Crippen molar-refractivity contribution in [3.05, 3.63) is 45.8 Å². The summed E-state index contributed by atoms with van der Waals surface area (Å²) in [6.07, 6.45) is 1.56. The van der Waals surface area contributed by atoms with E-state index in [-0.39, 0.29) is 11.1 Å². The number of benzene rings is 1. The highest BCUT2D eigenvalue weighted by Gasteiger charge is 2.19. The van der Waals surface area contributed by atoms with E-state index in [1.54, 1.807) is 22.6 Å². The Kier molecular flexibility index (Phi) is 5.06. The van der Waals surface area contributed by atoms with Crippen LogP contribution in [0.5, 0.6) is 0 Å². The Morgan fingerprint density at radius 2 is 2.00 bits per heavy atom. The molecule has 2 heterocycles. The molecule has 0 fully saturated rings. The summed E-state index contributed by atoms with van der Waals surface area (Å²) in [4.78, 5) is 20.7. The molecule has 0 atom stereocenters. The van der Waals surface area contributed by atoms with Crippen molar-refractivity contribution in [3.63, 3.8) is 0 Å². The fraction of sp³-hybridized carbons (Fsp3) is 0.353. The van der Waals surface area contributed by atoms with Gasteiger partial charge in [0.15, 0.2) is 5.65 Å². The minimum atomic E-state index is -0.246. The lowest BCUT2D eigenvalue weighted by Crippen LogP contribution is -2.24. The van der Waals surface area contributed by atoms with Crippen LogP contribution >= 0.6 is 23.4 Å². The van der Waals surface area contributed by atoms with Crippen molar-refractivity contribution < 1.29 is 0 Å². The molecular weight excluding hydrogens is 358 g/mol. The van der Waals surface area contributed by atoms with Gasteiger partial charge in [-0.25, -0.2) is 4.68 Å². The second-order valence-corrected chi connectivity index (χ2v) is 8.21. The van der Waals surface area contributed by atoms with Crippen LogP contribution in [0.1, 0.15) is 20.8 Å². The Bertz CT molecular complexity index is 927. The summed E-state index contributed by atoms with van der Waals surface area (Å²) in [7, 11) is 0. The third-order valence-corrected chi connectivity index (χ3v) is 4.82. The lowest BCUT2D eigenvalue weighted by Gasteiger charge is -2.19. The molecule has 0 aliphatic heterocycles. The highest BCUT2D eigenvalue weighted by molar-refractivity contribution is 7.99. The number of hydrogen-bond donors (Lipinski definition) is 2. The predicted molar refractivity (Wildman–Crippen MR) is 104 cm³/mol. The summed E-state index contributed by atoms with van der Waals surface area (Å²) < 4.78 is 1.77. The molecule has 8 heteroatoms. The van der Waals surface area contributed by atoms with Gasteiger partial charge in [-0.1, -0.05) is 11.6 Å². The van der Waals surface area contributed by atoms with Gasteiger partial charge in [0.1, 0.15) is 5.39 Å². The van der Waals surface area contributed by atoms with E-state index in [0.29, 0.717) is 23.5 Å². The Balaban J connectivity index is 1.69. The van der Waals surface area contributed by atoms with Crippen molar-refractivity contribution in [1.29, 1.82) is 0 Å². The number of thioether (sulfide) groups is 1. The van der Waals surface area contributed by atoms with Gasteiger partial charge in [0.25, 0.3) is 5.56 Å². The van der Waals surface area contributed by atoms with Crippen molar-refractivity contribution >= 4 is 40.3 Å². The normalized spacial score (nSPS) is 11.8. The van der Waals surface area contributed by atoms with E-state index >= 15 is 0 Å². The highest BCUT2D eigenvalue weighted by Crippen LogP contribution is 2.21. The fourth-order valence-corrected chi connectivity index (χ4v) is 3.26. The van der Waals surface area contributed by atoms with Gasteiger partial charge in [0.2, 0.25) is 5.95 Å². The number of rotatable bonds is 5. The summed E-state index contributed by atoms with van der Waals surface area (Å²) in [5, 5.41) is 8.70. The minimum Gasteiger partial charge on any atom is -0.355 e. The summed E-state index contributed by atoms with van der Waals surface area (Å²) in [6, 6.07) is 7.72. The van der Waals surface area contributed by atoms with Gasteiger partial charge >= 0.3 is 0 Å². The number of hydrogen-bond acceptors (Lipinski definition) is 5. The van der Waals surface area contributed by atoms with Gasteiger partial charge in [-0.3, -0.25) is 9.78 Å². The van der Waals surface area contributed by atoms with Crippen LogP contribution in [0, 0.1) is 0 Å². The molecule has 132 valence electrons. The fourth-order valence-electron chi connectivity index (χ4n) is 2.36. The summed E-state index contributed by atoms with van der Waals surface area (Å²) in [6.45, 7) is 6.75. The standard InChI is InChI=1S/C17H20ClN5OS/c1-17(2,3)23-14-13(10-20-23)15(24)22-16(21-14)19-8-9-25-12-6-4-11(18)5-7-12/h4-7,10H,8-9H2,1-3H3,(H2,19,21,22,24). The SMILES string of the molecule is CC(C)(C)n1ncc2c(=O)[nH]c(NCCSc3ccc(Cl)cc3)nc21. The largest absolute Gasteiger partial charge is 0.355 e. The zero-order chi connectivity index (χ0) is 18.0. The summed E-state index contributed by atoms with van der Waals surface area (Å²) >= 11 is 7.59.